The fourth-order valence-electron chi connectivity index (χ4n) is 2.33. The van der Waals surface area contributed by atoms with Crippen molar-refractivity contribution in [2.75, 3.05) is 5.32 Å². The Labute approximate surface area is 147 Å². The molecule has 1 aromatic heterocycles. The third-order valence-corrected chi connectivity index (χ3v) is 3.45. The first kappa shape index (κ1) is 16.5. The number of nitrogens with zero attached hydrogens (tertiary/aromatic N) is 2. The largest absolute Gasteiger partial charge is 0.457 e. The van der Waals surface area contributed by atoms with Crippen molar-refractivity contribution in [2.24, 2.45) is 10.7 Å². The molecule has 0 saturated carbocycles. The fourth-order valence-corrected chi connectivity index (χ4v) is 2.33. The van der Waals surface area contributed by atoms with E-state index in [4.69, 9.17) is 10.5 Å². The number of anilines is 1. The highest BCUT2D eigenvalue weighted by molar-refractivity contribution is 5.92. The molecule has 0 radical (unpaired) electrons. The van der Waals surface area contributed by atoms with Crippen molar-refractivity contribution in [3.63, 3.8) is 0 Å². The molecule has 0 spiro atoms. The summed E-state index contributed by atoms with van der Waals surface area (Å²) in [7, 11) is 0. The molecule has 3 rings (SSSR count). The van der Waals surface area contributed by atoms with Gasteiger partial charge in [-0.25, -0.2) is 4.99 Å². The zero-order valence-corrected chi connectivity index (χ0v) is 14.0. The van der Waals surface area contributed by atoms with E-state index >= 15 is 0 Å². The molecule has 3 N–H and O–H groups in total. The minimum atomic E-state index is 0.346. The van der Waals surface area contributed by atoms with E-state index in [-0.39, 0.29) is 0 Å². The van der Waals surface area contributed by atoms with E-state index in [1.807, 2.05) is 73.8 Å². The lowest BCUT2D eigenvalue weighted by Crippen LogP contribution is -2.22. The zero-order chi connectivity index (χ0) is 17.5. The maximum absolute atomic E-state index is 5.97. The average Bonchev–Trinajstić information content (AvgIpc) is 2.61. The van der Waals surface area contributed by atoms with Crippen LogP contribution in [0.4, 0.5) is 5.69 Å². The van der Waals surface area contributed by atoms with Gasteiger partial charge in [-0.05, 0) is 42.3 Å². The van der Waals surface area contributed by atoms with Gasteiger partial charge in [0.1, 0.15) is 11.5 Å². The predicted molar refractivity (Wildman–Crippen MR) is 101 cm³/mol. The second-order valence-electron chi connectivity index (χ2n) is 5.64. The minimum absolute atomic E-state index is 0.346. The van der Waals surface area contributed by atoms with Crippen molar-refractivity contribution in [2.45, 2.75) is 13.5 Å². The Morgan fingerprint density at radius 1 is 1.04 bits per heavy atom. The summed E-state index contributed by atoms with van der Waals surface area (Å²) in [5, 5.41) is 3.08. The molecule has 0 aliphatic heterocycles. The molecule has 0 amide bonds. The summed E-state index contributed by atoms with van der Waals surface area (Å²) in [4.78, 5) is 8.50. The number of aliphatic imine (C=N–C) groups is 1. The average molecular weight is 332 g/mol. The Kier molecular flexibility index (Phi) is 5.26. The first-order valence-corrected chi connectivity index (χ1v) is 7.99. The van der Waals surface area contributed by atoms with Crippen LogP contribution in [0.2, 0.25) is 0 Å². The second kappa shape index (κ2) is 7.97. The summed E-state index contributed by atoms with van der Waals surface area (Å²) in [5.41, 5.74) is 8.91. The molecule has 0 aliphatic rings. The van der Waals surface area contributed by atoms with Crippen LogP contribution in [-0.2, 0) is 6.54 Å². The lowest BCUT2D eigenvalue weighted by Gasteiger charge is -2.09. The van der Waals surface area contributed by atoms with Crippen LogP contribution in [0.25, 0.3) is 0 Å². The maximum Gasteiger partial charge on any atom is 0.193 e. The number of ether oxygens (including phenoxy) is 1. The van der Waals surface area contributed by atoms with Crippen molar-refractivity contribution in [1.82, 2.24) is 4.98 Å². The van der Waals surface area contributed by atoms with Crippen LogP contribution < -0.4 is 15.8 Å². The molecule has 0 aliphatic carbocycles. The summed E-state index contributed by atoms with van der Waals surface area (Å²) < 4.78 is 5.81. The predicted octanol–water partition coefficient (Wildman–Crippen LogP) is 4.11. The van der Waals surface area contributed by atoms with E-state index in [9.17, 15) is 0 Å². The number of guanidine groups is 1. The Morgan fingerprint density at radius 2 is 1.84 bits per heavy atom. The van der Waals surface area contributed by atoms with Gasteiger partial charge in [0.05, 0.1) is 6.54 Å². The van der Waals surface area contributed by atoms with Gasteiger partial charge in [-0.3, -0.25) is 4.98 Å². The normalized spacial score (nSPS) is 11.2. The highest BCUT2D eigenvalue weighted by Gasteiger charge is 2.00. The summed E-state index contributed by atoms with van der Waals surface area (Å²) in [6, 6.07) is 19.3. The molecule has 25 heavy (non-hydrogen) atoms. The number of nitrogens with two attached hydrogens (primary N) is 1. The van der Waals surface area contributed by atoms with E-state index < -0.39 is 0 Å². The van der Waals surface area contributed by atoms with Crippen LogP contribution in [0, 0.1) is 6.92 Å². The number of pyridine rings is 1. The van der Waals surface area contributed by atoms with Gasteiger partial charge < -0.3 is 15.8 Å². The molecule has 0 unspecified atom stereocenters. The molecule has 5 heteroatoms. The maximum atomic E-state index is 5.97. The summed E-state index contributed by atoms with van der Waals surface area (Å²) in [6.45, 7) is 2.48. The first-order valence-electron chi connectivity index (χ1n) is 7.99. The van der Waals surface area contributed by atoms with Crippen LogP contribution in [0.5, 0.6) is 11.5 Å². The minimum Gasteiger partial charge on any atom is -0.457 e. The fraction of sp³-hybridized carbons (Fsp3) is 0.100. The zero-order valence-electron chi connectivity index (χ0n) is 14.0. The molecule has 5 nitrogen and oxygen atoms in total. The number of hydrogen-bond donors (Lipinski definition) is 2. The number of aryl methyl sites for hydroxylation is 1. The quantitative estimate of drug-likeness (QED) is 0.545. The van der Waals surface area contributed by atoms with Crippen LogP contribution >= 0.6 is 0 Å². The molecular weight excluding hydrogens is 312 g/mol. The third-order valence-electron chi connectivity index (χ3n) is 3.45. The molecule has 3 aromatic rings. The summed E-state index contributed by atoms with van der Waals surface area (Å²) in [5.74, 6) is 1.86. The Balaban J connectivity index is 1.64. The van der Waals surface area contributed by atoms with Crippen molar-refractivity contribution >= 4 is 11.6 Å². The van der Waals surface area contributed by atoms with Crippen LogP contribution in [0.3, 0.4) is 0 Å². The SMILES string of the molecule is Cc1cncc(CN=C(N)Nc2cccc(Oc3ccccc3)c2)c1. The van der Waals surface area contributed by atoms with Crippen molar-refractivity contribution < 1.29 is 4.74 Å². The monoisotopic (exact) mass is 332 g/mol. The van der Waals surface area contributed by atoms with Gasteiger partial charge in [0.15, 0.2) is 5.96 Å². The van der Waals surface area contributed by atoms with E-state index in [0.29, 0.717) is 12.5 Å². The van der Waals surface area contributed by atoms with Crippen molar-refractivity contribution in [3.8, 4) is 11.5 Å². The van der Waals surface area contributed by atoms with Crippen LogP contribution in [-0.4, -0.2) is 10.9 Å². The third kappa shape index (κ3) is 5.07. The molecule has 2 aromatic carbocycles. The van der Waals surface area contributed by atoms with Gasteiger partial charge in [-0.2, -0.15) is 0 Å². The highest BCUT2D eigenvalue weighted by Crippen LogP contribution is 2.23. The highest BCUT2D eigenvalue weighted by atomic mass is 16.5. The van der Waals surface area contributed by atoms with Gasteiger partial charge in [-0.15, -0.1) is 0 Å². The number of nitrogens with one attached hydrogen (secondary N) is 1. The Morgan fingerprint density at radius 3 is 2.64 bits per heavy atom. The molecule has 0 bridgehead atoms. The van der Waals surface area contributed by atoms with Crippen LogP contribution in [0.1, 0.15) is 11.1 Å². The van der Waals surface area contributed by atoms with Gasteiger partial charge in [0, 0.05) is 24.1 Å². The lowest BCUT2D eigenvalue weighted by atomic mass is 10.2. The molecular formula is C20H20N4O. The van der Waals surface area contributed by atoms with Crippen molar-refractivity contribution in [3.05, 3.63) is 84.2 Å². The number of hydrogen-bond acceptors (Lipinski definition) is 3. The van der Waals surface area contributed by atoms with E-state index in [0.717, 1.165) is 28.3 Å². The van der Waals surface area contributed by atoms with E-state index in [1.54, 1.807) is 6.20 Å². The number of para-hydroxylation sites is 1. The molecule has 0 saturated heterocycles. The molecule has 126 valence electrons. The molecule has 0 fully saturated rings. The molecule has 0 atom stereocenters. The smallest absolute Gasteiger partial charge is 0.193 e. The van der Waals surface area contributed by atoms with E-state index in [2.05, 4.69) is 15.3 Å². The lowest BCUT2D eigenvalue weighted by molar-refractivity contribution is 0.483. The summed E-state index contributed by atoms with van der Waals surface area (Å²) in [6.07, 6.45) is 3.60. The molecule has 1 heterocycles. The number of rotatable bonds is 5. The number of aromatic nitrogens is 1. The standard InChI is InChI=1S/C20H20N4O/c1-15-10-16(13-22-12-15)14-23-20(21)24-17-6-5-9-19(11-17)25-18-7-3-2-4-8-18/h2-13H,14H2,1H3,(H3,21,23,24). The van der Waals surface area contributed by atoms with Crippen molar-refractivity contribution in [1.29, 1.82) is 0 Å². The van der Waals surface area contributed by atoms with Gasteiger partial charge in [0.2, 0.25) is 0 Å². The van der Waals surface area contributed by atoms with Gasteiger partial charge in [-0.1, -0.05) is 30.3 Å². The first-order chi connectivity index (χ1) is 12.2. The Bertz CT molecular complexity index is 862. The Hall–Kier alpha value is -3.34. The second-order valence-corrected chi connectivity index (χ2v) is 5.64. The van der Waals surface area contributed by atoms with E-state index in [1.165, 1.54) is 0 Å². The van der Waals surface area contributed by atoms with Crippen LogP contribution in [0.15, 0.2) is 78.0 Å². The number of benzene rings is 2. The van der Waals surface area contributed by atoms with Gasteiger partial charge in [0.25, 0.3) is 0 Å². The van der Waals surface area contributed by atoms with Gasteiger partial charge >= 0.3 is 0 Å². The topological polar surface area (TPSA) is 72.5 Å². The summed E-state index contributed by atoms with van der Waals surface area (Å²) >= 11 is 0.